The summed E-state index contributed by atoms with van der Waals surface area (Å²) in [6, 6.07) is 8.65. The van der Waals surface area contributed by atoms with Crippen LogP contribution in [-0.2, 0) is 6.54 Å². The van der Waals surface area contributed by atoms with Gasteiger partial charge in [-0.1, -0.05) is 12.1 Å². The van der Waals surface area contributed by atoms with E-state index in [4.69, 9.17) is 5.73 Å². The van der Waals surface area contributed by atoms with Crippen molar-refractivity contribution in [1.82, 2.24) is 19.7 Å². The van der Waals surface area contributed by atoms with E-state index in [-0.39, 0.29) is 0 Å². The molecule has 0 bridgehead atoms. The van der Waals surface area contributed by atoms with E-state index >= 15 is 0 Å². The molecule has 2 heterocycles. The summed E-state index contributed by atoms with van der Waals surface area (Å²) >= 11 is 0. The monoisotopic (exact) mass is 257 g/mol. The first-order valence-electron chi connectivity index (χ1n) is 6.72. The maximum Gasteiger partial charge on any atom is 0.137 e. The molecule has 1 aromatic heterocycles. The van der Waals surface area contributed by atoms with E-state index < -0.39 is 0 Å². The van der Waals surface area contributed by atoms with Crippen LogP contribution in [0.2, 0.25) is 0 Å². The molecule has 0 spiro atoms. The van der Waals surface area contributed by atoms with Crippen LogP contribution in [0.25, 0.3) is 0 Å². The van der Waals surface area contributed by atoms with Crippen LogP contribution in [0.1, 0.15) is 24.4 Å². The largest absolute Gasteiger partial charge is 0.399 e. The maximum atomic E-state index is 5.81. The number of rotatable bonds is 3. The number of nitrogens with zero attached hydrogens (tertiary/aromatic N) is 4. The molecule has 100 valence electrons. The van der Waals surface area contributed by atoms with Crippen molar-refractivity contribution in [3.8, 4) is 0 Å². The van der Waals surface area contributed by atoms with Crippen molar-refractivity contribution in [2.24, 2.45) is 0 Å². The number of benzene rings is 1. The van der Waals surface area contributed by atoms with E-state index in [2.05, 4.69) is 27.1 Å². The molecular weight excluding hydrogens is 238 g/mol. The minimum atomic E-state index is 0.500. The summed E-state index contributed by atoms with van der Waals surface area (Å²) in [6.45, 7) is 3.17. The fraction of sp³-hybridized carbons (Fsp3) is 0.429. The van der Waals surface area contributed by atoms with Gasteiger partial charge in [0.2, 0.25) is 0 Å². The first-order chi connectivity index (χ1) is 9.31. The lowest BCUT2D eigenvalue weighted by molar-refractivity contribution is 0.173. The van der Waals surface area contributed by atoms with Crippen molar-refractivity contribution < 1.29 is 0 Å². The summed E-state index contributed by atoms with van der Waals surface area (Å²) in [6.07, 6.45) is 5.69. The van der Waals surface area contributed by atoms with E-state index in [1.165, 1.54) is 5.56 Å². The second-order valence-electron chi connectivity index (χ2n) is 5.13. The second kappa shape index (κ2) is 5.40. The highest BCUT2D eigenvalue weighted by atomic mass is 15.3. The molecule has 19 heavy (non-hydrogen) atoms. The van der Waals surface area contributed by atoms with Gasteiger partial charge in [0.1, 0.15) is 12.7 Å². The number of hydrogen-bond donors (Lipinski definition) is 1. The molecule has 3 rings (SSSR count). The quantitative estimate of drug-likeness (QED) is 0.850. The summed E-state index contributed by atoms with van der Waals surface area (Å²) in [5.41, 5.74) is 7.95. The zero-order chi connectivity index (χ0) is 13.1. The molecule has 1 saturated heterocycles. The number of nitrogens with two attached hydrogens (primary N) is 1. The average Bonchev–Trinajstić information content (AvgIpc) is 2.94. The Morgan fingerprint density at radius 1 is 1.26 bits per heavy atom. The smallest absolute Gasteiger partial charge is 0.137 e. The fourth-order valence-electron chi connectivity index (χ4n) is 2.70. The molecule has 0 saturated carbocycles. The molecule has 5 heteroatoms. The third-order valence-corrected chi connectivity index (χ3v) is 3.73. The zero-order valence-electron chi connectivity index (χ0n) is 10.9. The Kier molecular flexibility index (Phi) is 3.46. The molecule has 0 atom stereocenters. The van der Waals surface area contributed by atoms with Crippen LogP contribution in [0.5, 0.6) is 0 Å². The minimum absolute atomic E-state index is 0.500. The minimum Gasteiger partial charge on any atom is -0.399 e. The van der Waals surface area contributed by atoms with Crippen molar-refractivity contribution in [3.05, 3.63) is 42.5 Å². The van der Waals surface area contributed by atoms with Crippen molar-refractivity contribution in [3.63, 3.8) is 0 Å². The van der Waals surface area contributed by atoms with Gasteiger partial charge < -0.3 is 5.73 Å². The van der Waals surface area contributed by atoms with Crippen molar-refractivity contribution in [1.29, 1.82) is 0 Å². The summed E-state index contributed by atoms with van der Waals surface area (Å²) in [5.74, 6) is 0. The van der Waals surface area contributed by atoms with Gasteiger partial charge in [0, 0.05) is 25.3 Å². The Morgan fingerprint density at radius 3 is 2.79 bits per heavy atom. The van der Waals surface area contributed by atoms with Crippen LogP contribution in [0, 0.1) is 0 Å². The number of hydrogen-bond acceptors (Lipinski definition) is 4. The molecule has 1 fully saturated rings. The highest BCUT2D eigenvalue weighted by Gasteiger charge is 2.20. The molecular formula is C14H19N5. The van der Waals surface area contributed by atoms with Crippen molar-refractivity contribution >= 4 is 5.69 Å². The summed E-state index contributed by atoms with van der Waals surface area (Å²) < 4.78 is 1.98. The van der Waals surface area contributed by atoms with E-state index in [0.717, 1.165) is 38.2 Å². The highest BCUT2D eigenvalue weighted by Crippen LogP contribution is 2.22. The van der Waals surface area contributed by atoms with E-state index in [1.54, 1.807) is 6.33 Å². The molecule has 0 radical (unpaired) electrons. The molecule has 2 aromatic rings. The first kappa shape index (κ1) is 12.2. The van der Waals surface area contributed by atoms with Gasteiger partial charge in [0.15, 0.2) is 0 Å². The van der Waals surface area contributed by atoms with Gasteiger partial charge in [-0.2, -0.15) is 5.10 Å². The standard InChI is InChI=1S/C14H19N5/c15-13-3-1-2-12(8-13)9-18-6-4-14(5-7-18)19-11-16-10-17-19/h1-3,8,10-11,14H,4-7,9,15H2. The summed E-state index contributed by atoms with van der Waals surface area (Å²) in [5, 5.41) is 4.23. The van der Waals surface area contributed by atoms with Gasteiger partial charge in [0.25, 0.3) is 0 Å². The van der Waals surface area contributed by atoms with Crippen molar-refractivity contribution in [2.45, 2.75) is 25.4 Å². The van der Waals surface area contributed by atoms with Gasteiger partial charge in [-0.3, -0.25) is 4.90 Å². The Morgan fingerprint density at radius 2 is 2.11 bits per heavy atom. The number of piperidine rings is 1. The second-order valence-corrected chi connectivity index (χ2v) is 5.13. The van der Waals surface area contributed by atoms with E-state index in [9.17, 15) is 0 Å². The predicted octanol–water partition coefficient (Wildman–Crippen LogP) is 1.70. The van der Waals surface area contributed by atoms with Crippen LogP contribution in [0.15, 0.2) is 36.9 Å². The van der Waals surface area contributed by atoms with Gasteiger partial charge in [-0.25, -0.2) is 9.67 Å². The zero-order valence-corrected chi connectivity index (χ0v) is 10.9. The third-order valence-electron chi connectivity index (χ3n) is 3.73. The van der Waals surface area contributed by atoms with E-state index in [0.29, 0.717) is 6.04 Å². The van der Waals surface area contributed by atoms with Gasteiger partial charge in [0.05, 0.1) is 6.04 Å². The summed E-state index contributed by atoms with van der Waals surface area (Å²) in [7, 11) is 0. The Bertz CT molecular complexity index is 514. The average molecular weight is 257 g/mol. The Labute approximate surface area is 113 Å². The number of nitrogen functional groups attached to an aromatic ring is 1. The molecule has 1 aromatic carbocycles. The van der Waals surface area contributed by atoms with Gasteiger partial charge in [-0.15, -0.1) is 0 Å². The normalized spacial score (nSPS) is 17.7. The van der Waals surface area contributed by atoms with Crippen LogP contribution >= 0.6 is 0 Å². The fourth-order valence-corrected chi connectivity index (χ4v) is 2.70. The van der Waals surface area contributed by atoms with Gasteiger partial charge in [-0.05, 0) is 30.5 Å². The molecule has 0 aliphatic carbocycles. The molecule has 5 nitrogen and oxygen atoms in total. The van der Waals surface area contributed by atoms with Crippen LogP contribution in [-0.4, -0.2) is 32.8 Å². The molecule has 2 N–H and O–H groups in total. The van der Waals surface area contributed by atoms with Crippen LogP contribution in [0.4, 0.5) is 5.69 Å². The molecule has 1 aliphatic rings. The number of anilines is 1. The van der Waals surface area contributed by atoms with E-state index in [1.807, 2.05) is 23.1 Å². The molecule has 0 unspecified atom stereocenters. The maximum absolute atomic E-state index is 5.81. The lowest BCUT2D eigenvalue weighted by Crippen LogP contribution is -2.34. The lowest BCUT2D eigenvalue weighted by atomic mass is 10.0. The highest BCUT2D eigenvalue weighted by molar-refractivity contribution is 5.40. The van der Waals surface area contributed by atoms with Crippen LogP contribution < -0.4 is 5.73 Å². The first-order valence-corrected chi connectivity index (χ1v) is 6.72. The molecule has 1 aliphatic heterocycles. The number of aromatic nitrogens is 3. The Balaban J connectivity index is 1.56. The van der Waals surface area contributed by atoms with Crippen LogP contribution in [0.3, 0.4) is 0 Å². The Hall–Kier alpha value is -1.88. The predicted molar refractivity (Wildman–Crippen MR) is 74.4 cm³/mol. The number of likely N-dealkylation sites (tertiary alicyclic amines) is 1. The summed E-state index contributed by atoms with van der Waals surface area (Å²) in [4.78, 5) is 6.49. The topological polar surface area (TPSA) is 60.0 Å². The van der Waals surface area contributed by atoms with Crippen molar-refractivity contribution in [2.75, 3.05) is 18.8 Å². The lowest BCUT2D eigenvalue weighted by Gasteiger charge is -2.31. The SMILES string of the molecule is Nc1cccc(CN2CCC(n3cncn3)CC2)c1. The third kappa shape index (κ3) is 2.93. The molecule has 0 amide bonds. The van der Waals surface area contributed by atoms with Gasteiger partial charge >= 0.3 is 0 Å².